The molecule has 2 rings (SSSR count). The van der Waals surface area contributed by atoms with Gasteiger partial charge in [0.2, 0.25) is 0 Å². The standard InChI is InChI=1S/C15H16N4O3S/c1-21-11-5-6-12(13(8-11)22-2)17-15(23)19-18-14(20)10-4-3-7-16-9-10/h3-9H,1-2H3,(H,18,20)(H2,17,19,23). The van der Waals surface area contributed by atoms with Crippen molar-refractivity contribution in [3.8, 4) is 11.5 Å². The third-order valence-corrected chi connectivity index (χ3v) is 3.07. The maximum absolute atomic E-state index is 11.9. The number of aromatic nitrogens is 1. The van der Waals surface area contributed by atoms with Crippen LogP contribution in [0.3, 0.4) is 0 Å². The quantitative estimate of drug-likeness (QED) is 0.581. The van der Waals surface area contributed by atoms with Crippen LogP contribution in [-0.2, 0) is 0 Å². The summed E-state index contributed by atoms with van der Waals surface area (Å²) < 4.78 is 10.4. The number of amides is 1. The summed E-state index contributed by atoms with van der Waals surface area (Å²) in [6.45, 7) is 0. The Balaban J connectivity index is 1.93. The molecule has 0 aliphatic rings. The molecule has 0 aliphatic carbocycles. The van der Waals surface area contributed by atoms with E-state index in [2.05, 4.69) is 21.2 Å². The molecule has 0 saturated carbocycles. The van der Waals surface area contributed by atoms with E-state index >= 15 is 0 Å². The van der Waals surface area contributed by atoms with Crippen molar-refractivity contribution in [3.05, 3.63) is 48.3 Å². The number of rotatable bonds is 4. The van der Waals surface area contributed by atoms with Gasteiger partial charge in [-0.1, -0.05) is 0 Å². The molecule has 1 aromatic carbocycles. The van der Waals surface area contributed by atoms with Gasteiger partial charge in [0.25, 0.3) is 5.91 Å². The molecule has 0 atom stereocenters. The topological polar surface area (TPSA) is 84.5 Å². The fourth-order valence-electron chi connectivity index (χ4n) is 1.74. The van der Waals surface area contributed by atoms with Crippen LogP contribution in [0.5, 0.6) is 11.5 Å². The summed E-state index contributed by atoms with van der Waals surface area (Å²) in [5.74, 6) is 0.882. The monoisotopic (exact) mass is 332 g/mol. The average molecular weight is 332 g/mol. The minimum atomic E-state index is -0.344. The van der Waals surface area contributed by atoms with Crippen molar-refractivity contribution in [2.75, 3.05) is 19.5 Å². The predicted molar refractivity (Wildman–Crippen MR) is 90.6 cm³/mol. The van der Waals surface area contributed by atoms with E-state index in [1.165, 1.54) is 6.20 Å². The maximum Gasteiger partial charge on any atom is 0.271 e. The molecule has 0 fully saturated rings. The van der Waals surface area contributed by atoms with Gasteiger partial charge in [-0.05, 0) is 36.5 Å². The molecule has 0 unspecified atom stereocenters. The first-order valence-corrected chi connectivity index (χ1v) is 7.04. The average Bonchev–Trinajstić information content (AvgIpc) is 2.60. The smallest absolute Gasteiger partial charge is 0.271 e. The number of benzene rings is 1. The van der Waals surface area contributed by atoms with Crippen molar-refractivity contribution >= 4 is 28.9 Å². The Labute approximate surface area is 139 Å². The first-order chi connectivity index (χ1) is 11.1. The number of hydrazine groups is 1. The van der Waals surface area contributed by atoms with E-state index in [-0.39, 0.29) is 11.0 Å². The summed E-state index contributed by atoms with van der Waals surface area (Å²) in [5.41, 5.74) is 6.16. The van der Waals surface area contributed by atoms with Gasteiger partial charge in [-0.2, -0.15) is 0 Å². The van der Waals surface area contributed by atoms with Gasteiger partial charge in [0.15, 0.2) is 5.11 Å². The van der Waals surface area contributed by atoms with Gasteiger partial charge < -0.3 is 14.8 Å². The molecule has 3 N–H and O–H groups in total. The lowest BCUT2D eigenvalue weighted by atomic mass is 10.2. The summed E-state index contributed by atoms with van der Waals surface area (Å²) in [7, 11) is 3.11. The molecule has 8 heteroatoms. The van der Waals surface area contributed by atoms with Crippen LogP contribution in [0, 0.1) is 0 Å². The second-order valence-corrected chi connectivity index (χ2v) is 4.75. The molecular formula is C15H16N4O3S. The minimum absolute atomic E-state index is 0.214. The summed E-state index contributed by atoms with van der Waals surface area (Å²) in [6, 6.07) is 8.57. The molecule has 0 saturated heterocycles. The number of hydrogen-bond donors (Lipinski definition) is 3. The van der Waals surface area contributed by atoms with Crippen LogP contribution >= 0.6 is 12.2 Å². The Kier molecular flexibility index (Phi) is 5.70. The number of pyridine rings is 1. The third kappa shape index (κ3) is 4.55. The lowest BCUT2D eigenvalue weighted by Gasteiger charge is -2.14. The van der Waals surface area contributed by atoms with Crippen molar-refractivity contribution in [2.45, 2.75) is 0 Å². The SMILES string of the molecule is COc1ccc(NC(=S)NNC(=O)c2cccnc2)c(OC)c1. The molecule has 23 heavy (non-hydrogen) atoms. The number of nitrogens with one attached hydrogen (secondary N) is 3. The van der Waals surface area contributed by atoms with Gasteiger partial charge in [0.1, 0.15) is 11.5 Å². The Morgan fingerprint density at radius 1 is 1.17 bits per heavy atom. The van der Waals surface area contributed by atoms with E-state index in [9.17, 15) is 4.79 Å². The Morgan fingerprint density at radius 3 is 2.65 bits per heavy atom. The Morgan fingerprint density at radius 2 is 2.00 bits per heavy atom. The van der Waals surface area contributed by atoms with E-state index < -0.39 is 0 Å². The number of carbonyl (C=O) groups is 1. The largest absolute Gasteiger partial charge is 0.497 e. The first-order valence-electron chi connectivity index (χ1n) is 6.63. The number of methoxy groups -OCH3 is 2. The molecular weight excluding hydrogens is 316 g/mol. The van der Waals surface area contributed by atoms with Crippen LogP contribution in [0.1, 0.15) is 10.4 Å². The lowest BCUT2D eigenvalue weighted by molar-refractivity contribution is 0.0944. The highest BCUT2D eigenvalue weighted by Crippen LogP contribution is 2.28. The second kappa shape index (κ2) is 7.95. The summed E-state index contributed by atoms with van der Waals surface area (Å²) in [5, 5.41) is 3.14. The van der Waals surface area contributed by atoms with Crippen molar-refractivity contribution in [1.82, 2.24) is 15.8 Å². The van der Waals surface area contributed by atoms with E-state index in [0.717, 1.165) is 0 Å². The van der Waals surface area contributed by atoms with Gasteiger partial charge in [0.05, 0.1) is 25.5 Å². The van der Waals surface area contributed by atoms with Crippen molar-refractivity contribution in [2.24, 2.45) is 0 Å². The molecule has 1 amide bonds. The van der Waals surface area contributed by atoms with Gasteiger partial charge in [-0.3, -0.25) is 20.6 Å². The van der Waals surface area contributed by atoms with Gasteiger partial charge in [-0.15, -0.1) is 0 Å². The van der Waals surface area contributed by atoms with E-state index in [1.54, 1.807) is 50.7 Å². The first kappa shape index (κ1) is 16.5. The highest BCUT2D eigenvalue weighted by molar-refractivity contribution is 7.80. The maximum atomic E-state index is 11.9. The third-order valence-electron chi connectivity index (χ3n) is 2.87. The number of nitrogens with zero attached hydrogens (tertiary/aromatic N) is 1. The highest BCUT2D eigenvalue weighted by Gasteiger charge is 2.08. The summed E-state index contributed by atoms with van der Waals surface area (Å²) in [6.07, 6.45) is 3.05. The molecule has 0 radical (unpaired) electrons. The second-order valence-electron chi connectivity index (χ2n) is 4.34. The van der Waals surface area contributed by atoms with Crippen LogP contribution in [-0.4, -0.2) is 30.2 Å². The fourth-order valence-corrected chi connectivity index (χ4v) is 1.90. The van der Waals surface area contributed by atoms with Crippen LogP contribution in [0.15, 0.2) is 42.7 Å². The van der Waals surface area contributed by atoms with E-state index in [4.69, 9.17) is 21.7 Å². The zero-order valence-corrected chi connectivity index (χ0v) is 13.4. The van der Waals surface area contributed by atoms with Crippen molar-refractivity contribution in [1.29, 1.82) is 0 Å². The van der Waals surface area contributed by atoms with Crippen LogP contribution in [0.2, 0.25) is 0 Å². The molecule has 1 aromatic heterocycles. The minimum Gasteiger partial charge on any atom is -0.497 e. The molecule has 0 aliphatic heterocycles. The summed E-state index contributed by atoms with van der Waals surface area (Å²) in [4.78, 5) is 15.7. The highest BCUT2D eigenvalue weighted by atomic mass is 32.1. The van der Waals surface area contributed by atoms with Crippen molar-refractivity contribution in [3.63, 3.8) is 0 Å². The number of ether oxygens (including phenoxy) is 2. The van der Waals surface area contributed by atoms with Crippen LogP contribution < -0.4 is 25.6 Å². The Hall–Kier alpha value is -2.87. The number of hydrogen-bond acceptors (Lipinski definition) is 5. The normalized spacial score (nSPS) is 9.65. The van der Waals surface area contributed by atoms with Crippen LogP contribution in [0.25, 0.3) is 0 Å². The molecule has 2 aromatic rings. The zero-order chi connectivity index (χ0) is 16.7. The number of thiocarbonyl (C=S) groups is 1. The van der Waals surface area contributed by atoms with E-state index in [1.807, 2.05) is 0 Å². The molecule has 7 nitrogen and oxygen atoms in total. The summed E-state index contributed by atoms with van der Waals surface area (Å²) >= 11 is 5.13. The number of carbonyl (C=O) groups excluding carboxylic acids is 1. The van der Waals surface area contributed by atoms with E-state index in [0.29, 0.717) is 22.7 Å². The molecule has 0 bridgehead atoms. The fraction of sp³-hybridized carbons (Fsp3) is 0.133. The lowest BCUT2D eigenvalue weighted by Crippen LogP contribution is -2.43. The molecule has 1 heterocycles. The van der Waals surface area contributed by atoms with Gasteiger partial charge in [0, 0.05) is 18.5 Å². The predicted octanol–water partition coefficient (Wildman–Crippen LogP) is 1.73. The van der Waals surface area contributed by atoms with Crippen molar-refractivity contribution < 1.29 is 14.3 Å². The molecule has 0 spiro atoms. The zero-order valence-electron chi connectivity index (χ0n) is 12.6. The Bertz CT molecular complexity index is 694. The van der Waals surface area contributed by atoms with Gasteiger partial charge in [-0.25, -0.2) is 0 Å². The van der Waals surface area contributed by atoms with Gasteiger partial charge >= 0.3 is 0 Å². The number of anilines is 1. The molecule has 120 valence electrons. The van der Waals surface area contributed by atoms with Crippen LogP contribution in [0.4, 0.5) is 5.69 Å².